The van der Waals surface area contributed by atoms with E-state index < -0.39 is 0 Å². The number of nitrogens with one attached hydrogen (secondary N) is 1. The van der Waals surface area contributed by atoms with E-state index in [2.05, 4.69) is 53.3 Å². The molecule has 0 fully saturated rings. The molecular formula is C11H16BrNS. The van der Waals surface area contributed by atoms with Gasteiger partial charge >= 0.3 is 0 Å². The van der Waals surface area contributed by atoms with Crippen LogP contribution in [0.1, 0.15) is 23.1 Å². The molecule has 1 aromatic heterocycles. The van der Waals surface area contributed by atoms with E-state index in [1.807, 2.05) is 11.3 Å². The van der Waals surface area contributed by atoms with Crippen molar-refractivity contribution in [1.82, 2.24) is 5.32 Å². The third-order valence-corrected chi connectivity index (χ3v) is 4.07. The molecule has 0 amide bonds. The highest BCUT2D eigenvalue weighted by Gasteiger charge is 2.01. The van der Waals surface area contributed by atoms with Crippen LogP contribution in [0.25, 0.3) is 0 Å². The van der Waals surface area contributed by atoms with Crippen LogP contribution in [0.4, 0.5) is 0 Å². The second-order valence-electron chi connectivity index (χ2n) is 3.15. The summed E-state index contributed by atoms with van der Waals surface area (Å²) < 4.78 is 1.23. The fourth-order valence-corrected chi connectivity index (χ4v) is 2.74. The molecule has 0 aliphatic heterocycles. The van der Waals surface area contributed by atoms with E-state index >= 15 is 0 Å². The summed E-state index contributed by atoms with van der Waals surface area (Å²) in [4.78, 5) is 2.75. The topological polar surface area (TPSA) is 12.0 Å². The maximum absolute atomic E-state index is 3.52. The van der Waals surface area contributed by atoms with Gasteiger partial charge in [-0.1, -0.05) is 12.2 Å². The predicted molar refractivity (Wildman–Crippen MR) is 67.9 cm³/mol. The molecule has 1 aromatic rings. The first-order chi connectivity index (χ1) is 6.74. The van der Waals surface area contributed by atoms with Gasteiger partial charge in [0.2, 0.25) is 0 Å². The van der Waals surface area contributed by atoms with Gasteiger partial charge in [0.25, 0.3) is 0 Å². The lowest BCUT2D eigenvalue weighted by molar-refractivity contribution is 0.702. The molecule has 0 aliphatic rings. The highest BCUT2D eigenvalue weighted by Crippen LogP contribution is 2.25. The summed E-state index contributed by atoms with van der Waals surface area (Å²) in [6.45, 7) is 6.23. The largest absolute Gasteiger partial charge is 0.312 e. The second-order valence-corrected chi connectivity index (χ2v) is 5.35. The number of allylic oxidation sites excluding steroid dienone is 1. The van der Waals surface area contributed by atoms with Crippen molar-refractivity contribution in [3.8, 4) is 0 Å². The molecular weight excluding hydrogens is 258 g/mol. The Morgan fingerprint density at radius 3 is 2.93 bits per heavy atom. The first-order valence-electron chi connectivity index (χ1n) is 4.80. The lowest BCUT2D eigenvalue weighted by atomic mass is 10.3. The molecule has 0 aromatic carbocycles. The predicted octanol–water partition coefficient (Wildman–Crippen LogP) is 3.87. The summed E-state index contributed by atoms with van der Waals surface area (Å²) in [7, 11) is 0. The Morgan fingerprint density at radius 1 is 1.57 bits per heavy atom. The van der Waals surface area contributed by atoms with E-state index in [4.69, 9.17) is 0 Å². The monoisotopic (exact) mass is 273 g/mol. The second kappa shape index (κ2) is 6.38. The molecule has 0 saturated heterocycles. The number of thiophene rings is 1. The maximum Gasteiger partial charge on any atom is 0.0314 e. The highest BCUT2D eigenvalue weighted by molar-refractivity contribution is 9.10. The third-order valence-electron chi connectivity index (χ3n) is 1.93. The van der Waals surface area contributed by atoms with E-state index in [9.17, 15) is 0 Å². The summed E-state index contributed by atoms with van der Waals surface area (Å²) in [5.74, 6) is 0. The van der Waals surface area contributed by atoms with Crippen LogP contribution in [-0.2, 0) is 6.54 Å². The van der Waals surface area contributed by atoms with Crippen molar-refractivity contribution in [1.29, 1.82) is 0 Å². The van der Waals surface area contributed by atoms with Crippen molar-refractivity contribution < 1.29 is 0 Å². The molecule has 14 heavy (non-hydrogen) atoms. The number of hydrogen-bond acceptors (Lipinski definition) is 2. The van der Waals surface area contributed by atoms with Crippen molar-refractivity contribution in [3.63, 3.8) is 0 Å². The van der Waals surface area contributed by atoms with Gasteiger partial charge in [0.05, 0.1) is 0 Å². The molecule has 0 spiro atoms. The van der Waals surface area contributed by atoms with Crippen molar-refractivity contribution in [2.24, 2.45) is 0 Å². The Bertz CT molecular complexity index is 285. The number of hydrogen-bond donors (Lipinski definition) is 1. The summed E-state index contributed by atoms with van der Waals surface area (Å²) in [5, 5.41) is 3.42. The summed E-state index contributed by atoms with van der Waals surface area (Å²) in [6, 6.07) is 2.20. The first kappa shape index (κ1) is 12.0. The van der Waals surface area contributed by atoms with Gasteiger partial charge in [-0.15, -0.1) is 11.3 Å². The summed E-state index contributed by atoms with van der Waals surface area (Å²) >= 11 is 5.37. The SMILES string of the molecule is C/C=C/CCNCc1cc(Br)c(C)s1. The molecule has 1 N–H and O–H groups in total. The summed E-state index contributed by atoms with van der Waals surface area (Å²) in [6.07, 6.45) is 5.39. The van der Waals surface area contributed by atoms with Gasteiger partial charge < -0.3 is 5.32 Å². The molecule has 0 bridgehead atoms. The zero-order valence-electron chi connectivity index (χ0n) is 8.64. The average molecular weight is 274 g/mol. The normalized spacial score (nSPS) is 11.4. The minimum absolute atomic E-state index is 0.981. The molecule has 1 rings (SSSR count). The van der Waals surface area contributed by atoms with Crippen LogP contribution in [0.15, 0.2) is 22.7 Å². The summed E-state index contributed by atoms with van der Waals surface area (Å²) in [5.41, 5.74) is 0. The number of halogens is 1. The van der Waals surface area contributed by atoms with Gasteiger partial charge in [-0.2, -0.15) is 0 Å². The molecule has 0 radical (unpaired) electrons. The number of rotatable bonds is 5. The van der Waals surface area contributed by atoms with Crippen molar-refractivity contribution in [3.05, 3.63) is 32.4 Å². The van der Waals surface area contributed by atoms with Gasteiger partial charge in [-0.3, -0.25) is 0 Å². The van der Waals surface area contributed by atoms with E-state index in [0.29, 0.717) is 0 Å². The number of aryl methyl sites for hydroxylation is 1. The zero-order valence-corrected chi connectivity index (χ0v) is 11.0. The van der Waals surface area contributed by atoms with E-state index in [1.165, 1.54) is 14.2 Å². The van der Waals surface area contributed by atoms with E-state index in [-0.39, 0.29) is 0 Å². The van der Waals surface area contributed by atoms with Crippen LogP contribution in [0.5, 0.6) is 0 Å². The minimum atomic E-state index is 0.981. The van der Waals surface area contributed by atoms with Crippen LogP contribution in [0.3, 0.4) is 0 Å². The molecule has 0 unspecified atom stereocenters. The van der Waals surface area contributed by atoms with E-state index in [1.54, 1.807) is 0 Å². The third kappa shape index (κ3) is 3.95. The fraction of sp³-hybridized carbons (Fsp3) is 0.455. The smallest absolute Gasteiger partial charge is 0.0314 e. The van der Waals surface area contributed by atoms with Crippen LogP contribution in [0, 0.1) is 6.92 Å². The Hall–Kier alpha value is -0.120. The highest BCUT2D eigenvalue weighted by atomic mass is 79.9. The Labute approximate surface area is 98.4 Å². The molecule has 0 aliphatic carbocycles. The van der Waals surface area contributed by atoms with Gasteiger partial charge in [-0.05, 0) is 48.8 Å². The molecule has 78 valence electrons. The Morgan fingerprint density at radius 2 is 2.36 bits per heavy atom. The van der Waals surface area contributed by atoms with Crippen molar-refractivity contribution in [2.45, 2.75) is 26.8 Å². The van der Waals surface area contributed by atoms with E-state index in [0.717, 1.165) is 19.5 Å². The maximum atomic E-state index is 3.52. The van der Waals surface area contributed by atoms with Crippen LogP contribution in [0.2, 0.25) is 0 Å². The van der Waals surface area contributed by atoms with Gasteiger partial charge in [0.15, 0.2) is 0 Å². The van der Waals surface area contributed by atoms with Crippen LogP contribution >= 0.6 is 27.3 Å². The molecule has 3 heteroatoms. The van der Waals surface area contributed by atoms with Crippen molar-refractivity contribution in [2.75, 3.05) is 6.54 Å². The molecule has 1 heterocycles. The first-order valence-corrected chi connectivity index (χ1v) is 6.41. The lowest BCUT2D eigenvalue weighted by Crippen LogP contribution is -2.12. The minimum Gasteiger partial charge on any atom is -0.312 e. The quantitative estimate of drug-likeness (QED) is 0.634. The van der Waals surface area contributed by atoms with Gasteiger partial charge in [0.1, 0.15) is 0 Å². The molecule has 0 saturated carbocycles. The van der Waals surface area contributed by atoms with Crippen LogP contribution < -0.4 is 5.32 Å². The van der Waals surface area contributed by atoms with Gasteiger partial charge in [-0.25, -0.2) is 0 Å². The Kier molecular flexibility index (Phi) is 5.45. The average Bonchev–Trinajstić information content (AvgIpc) is 2.46. The van der Waals surface area contributed by atoms with Gasteiger partial charge in [0, 0.05) is 20.8 Å². The molecule has 1 nitrogen and oxygen atoms in total. The zero-order chi connectivity index (χ0) is 10.4. The fourth-order valence-electron chi connectivity index (χ4n) is 1.17. The standard InChI is InChI=1S/C11H16BrNS/c1-3-4-5-6-13-8-10-7-11(12)9(2)14-10/h3-4,7,13H,5-6,8H2,1-2H3/b4-3+. The Balaban J connectivity index is 2.24. The van der Waals surface area contributed by atoms with Crippen molar-refractivity contribution >= 4 is 27.3 Å². The molecule has 0 atom stereocenters. The van der Waals surface area contributed by atoms with Crippen LogP contribution in [-0.4, -0.2) is 6.54 Å². The lowest BCUT2D eigenvalue weighted by Gasteiger charge is -1.99.